The SMILES string of the molecule is CCCNC(c1nccn1CC)C1CN(C)CCO1. The third-order valence-electron chi connectivity index (χ3n) is 3.65. The van der Waals surface area contributed by atoms with Crippen LogP contribution in [0.25, 0.3) is 0 Å². The van der Waals surface area contributed by atoms with E-state index in [2.05, 4.69) is 40.7 Å². The minimum absolute atomic E-state index is 0.178. The van der Waals surface area contributed by atoms with Crippen LogP contribution >= 0.6 is 0 Å². The largest absolute Gasteiger partial charge is 0.373 e. The van der Waals surface area contributed by atoms with Gasteiger partial charge in [-0.05, 0) is 26.9 Å². The van der Waals surface area contributed by atoms with Crippen molar-refractivity contribution in [3.8, 4) is 0 Å². The van der Waals surface area contributed by atoms with Gasteiger partial charge in [0, 0.05) is 32.0 Å². The van der Waals surface area contributed by atoms with E-state index in [-0.39, 0.29) is 12.1 Å². The number of likely N-dealkylation sites (N-methyl/N-ethyl adjacent to an activating group) is 1. The maximum atomic E-state index is 5.97. The lowest BCUT2D eigenvalue weighted by Gasteiger charge is -2.35. The summed E-state index contributed by atoms with van der Waals surface area (Å²) in [5.41, 5.74) is 0. The lowest BCUT2D eigenvalue weighted by Crippen LogP contribution is -2.47. The van der Waals surface area contributed by atoms with Crippen molar-refractivity contribution in [3.63, 3.8) is 0 Å². The van der Waals surface area contributed by atoms with E-state index in [0.717, 1.165) is 45.0 Å². The maximum absolute atomic E-state index is 5.97. The Balaban J connectivity index is 2.15. The van der Waals surface area contributed by atoms with Gasteiger partial charge < -0.3 is 19.5 Å². The molecule has 0 saturated carbocycles. The molecule has 5 nitrogen and oxygen atoms in total. The number of hydrogen-bond acceptors (Lipinski definition) is 4. The molecule has 1 N–H and O–H groups in total. The van der Waals surface area contributed by atoms with Crippen LogP contribution in [0.15, 0.2) is 12.4 Å². The Morgan fingerprint density at radius 2 is 2.37 bits per heavy atom. The number of imidazole rings is 1. The van der Waals surface area contributed by atoms with Gasteiger partial charge in [-0.2, -0.15) is 0 Å². The van der Waals surface area contributed by atoms with Crippen LogP contribution in [0.3, 0.4) is 0 Å². The molecule has 1 fully saturated rings. The Morgan fingerprint density at radius 1 is 1.53 bits per heavy atom. The first-order valence-corrected chi connectivity index (χ1v) is 7.30. The summed E-state index contributed by atoms with van der Waals surface area (Å²) < 4.78 is 8.17. The summed E-state index contributed by atoms with van der Waals surface area (Å²) in [5, 5.41) is 3.60. The highest BCUT2D eigenvalue weighted by Crippen LogP contribution is 2.21. The van der Waals surface area contributed by atoms with Gasteiger partial charge in [-0.25, -0.2) is 4.98 Å². The normalized spacial score (nSPS) is 22.6. The first-order chi connectivity index (χ1) is 9.26. The van der Waals surface area contributed by atoms with Crippen molar-refractivity contribution in [2.75, 3.05) is 33.3 Å². The van der Waals surface area contributed by atoms with Crippen LogP contribution in [-0.4, -0.2) is 53.8 Å². The number of aromatic nitrogens is 2. The van der Waals surface area contributed by atoms with Gasteiger partial charge in [-0.1, -0.05) is 6.92 Å². The summed E-state index contributed by atoms with van der Waals surface area (Å²) in [4.78, 5) is 6.87. The second-order valence-corrected chi connectivity index (χ2v) is 5.17. The van der Waals surface area contributed by atoms with Gasteiger partial charge >= 0.3 is 0 Å². The monoisotopic (exact) mass is 266 g/mol. The van der Waals surface area contributed by atoms with Crippen molar-refractivity contribution in [2.24, 2.45) is 0 Å². The number of rotatable bonds is 6. The molecule has 2 heterocycles. The molecule has 0 spiro atoms. The molecular weight excluding hydrogens is 240 g/mol. The zero-order valence-electron chi connectivity index (χ0n) is 12.3. The molecule has 2 rings (SSSR count). The Hall–Kier alpha value is -0.910. The summed E-state index contributed by atoms with van der Waals surface area (Å²) in [6.45, 7) is 9.04. The minimum atomic E-state index is 0.178. The molecule has 1 aromatic rings. The van der Waals surface area contributed by atoms with Crippen LogP contribution in [0.5, 0.6) is 0 Å². The van der Waals surface area contributed by atoms with Crippen LogP contribution in [0.2, 0.25) is 0 Å². The van der Waals surface area contributed by atoms with Crippen molar-refractivity contribution >= 4 is 0 Å². The molecule has 2 atom stereocenters. The third-order valence-corrected chi connectivity index (χ3v) is 3.65. The lowest BCUT2D eigenvalue weighted by molar-refractivity contribution is -0.0412. The van der Waals surface area contributed by atoms with Crippen molar-refractivity contribution in [2.45, 2.75) is 39.0 Å². The predicted molar refractivity (Wildman–Crippen MR) is 76.2 cm³/mol. The maximum Gasteiger partial charge on any atom is 0.128 e. The summed E-state index contributed by atoms with van der Waals surface area (Å²) in [5.74, 6) is 1.09. The smallest absolute Gasteiger partial charge is 0.128 e. The minimum Gasteiger partial charge on any atom is -0.373 e. The summed E-state index contributed by atoms with van der Waals surface area (Å²) >= 11 is 0. The highest BCUT2D eigenvalue weighted by atomic mass is 16.5. The van der Waals surface area contributed by atoms with Gasteiger partial charge in [0.1, 0.15) is 5.82 Å². The fourth-order valence-electron chi connectivity index (χ4n) is 2.57. The van der Waals surface area contributed by atoms with Crippen LogP contribution < -0.4 is 5.32 Å². The van der Waals surface area contributed by atoms with Gasteiger partial charge in [0.2, 0.25) is 0 Å². The summed E-state index contributed by atoms with van der Waals surface area (Å²) in [6.07, 6.45) is 5.22. The Kier molecular flexibility index (Phi) is 5.36. The van der Waals surface area contributed by atoms with Gasteiger partial charge in [-0.15, -0.1) is 0 Å². The van der Waals surface area contributed by atoms with E-state index in [9.17, 15) is 0 Å². The molecule has 1 aliphatic heterocycles. The summed E-state index contributed by atoms with van der Waals surface area (Å²) in [7, 11) is 2.15. The highest BCUT2D eigenvalue weighted by molar-refractivity contribution is 5.03. The summed E-state index contributed by atoms with van der Waals surface area (Å²) in [6, 6.07) is 0.178. The number of nitrogens with one attached hydrogen (secondary N) is 1. The molecule has 1 aliphatic rings. The number of hydrogen-bond donors (Lipinski definition) is 1. The Bertz CT molecular complexity index is 379. The molecule has 0 aliphatic carbocycles. The molecule has 2 unspecified atom stereocenters. The van der Waals surface area contributed by atoms with Gasteiger partial charge in [0.25, 0.3) is 0 Å². The first kappa shape index (κ1) is 14.5. The first-order valence-electron chi connectivity index (χ1n) is 7.30. The van der Waals surface area contributed by atoms with E-state index in [1.54, 1.807) is 0 Å². The van der Waals surface area contributed by atoms with Crippen molar-refractivity contribution in [3.05, 3.63) is 18.2 Å². The number of ether oxygens (including phenoxy) is 1. The predicted octanol–water partition coefficient (Wildman–Crippen LogP) is 1.27. The van der Waals surface area contributed by atoms with Crippen LogP contribution in [0.1, 0.15) is 32.1 Å². The highest BCUT2D eigenvalue weighted by Gasteiger charge is 2.30. The molecule has 0 radical (unpaired) electrons. The van der Waals surface area contributed by atoms with E-state index < -0.39 is 0 Å². The molecule has 108 valence electrons. The zero-order valence-corrected chi connectivity index (χ0v) is 12.3. The van der Waals surface area contributed by atoms with Crippen LogP contribution in [-0.2, 0) is 11.3 Å². The fraction of sp³-hybridized carbons (Fsp3) is 0.786. The van der Waals surface area contributed by atoms with E-state index >= 15 is 0 Å². The number of morpholine rings is 1. The molecule has 0 amide bonds. The van der Waals surface area contributed by atoms with Crippen molar-refractivity contribution in [1.29, 1.82) is 0 Å². The molecular formula is C14H26N4O. The molecule has 0 aromatic carbocycles. The van der Waals surface area contributed by atoms with Gasteiger partial charge in [-0.3, -0.25) is 0 Å². The zero-order chi connectivity index (χ0) is 13.7. The average Bonchev–Trinajstić information content (AvgIpc) is 2.88. The topological polar surface area (TPSA) is 42.3 Å². The van der Waals surface area contributed by atoms with Crippen molar-refractivity contribution < 1.29 is 4.74 Å². The van der Waals surface area contributed by atoms with E-state index in [0.29, 0.717) is 0 Å². The molecule has 19 heavy (non-hydrogen) atoms. The fourth-order valence-corrected chi connectivity index (χ4v) is 2.57. The Morgan fingerprint density at radius 3 is 3.05 bits per heavy atom. The van der Waals surface area contributed by atoms with E-state index in [1.165, 1.54) is 0 Å². The third kappa shape index (κ3) is 3.55. The second kappa shape index (κ2) is 7.03. The lowest BCUT2D eigenvalue weighted by atomic mass is 10.1. The van der Waals surface area contributed by atoms with Crippen molar-refractivity contribution in [1.82, 2.24) is 19.8 Å². The van der Waals surface area contributed by atoms with Gasteiger partial charge in [0.05, 0.1) is 18.8 Å². The van der Waals surface area contributed by atoms with Crippen LogP contribution in [0, 0.1) is 0 Å². The Labute approximate surface area is 116 Å². The van der Waals surface area contributed by atoms with Crippen LogP contribution in [0.4, 0.5) is 0 Å². The molecule has 1 aromatic heterocycles. The van der Waals surface area contributed by atoms with Gasteiger partial charge in [0.15, 0.2) is 0 Å². The van der Waals surface area contributed by atoms with E-state index in [1.807, 2.05) is 12.4 Å². The average molecular weight is 266 g/mol. The second-order valence-electron chi connectivity index (χ2n) is 5.17. The molecule has 1 saturated heterocycles. The number of aryl methyl sites for hydroxylation is 1. The molecule has 0 bridgehead atoms. The molecule has 5 heteroatoms. The standard InChI is InChI=1S/C14H26N4O/c1-4-6-15-13(12-11-17(3)9-10-19-12)14-16-7-8-18(14)5-2/h7-8,12-13,15H,4-6,9-11H2,1-3H3. The quantitative estimate of drug-likeness (QED) is 0.842. The number of nitrogens with zero attached hydrogens (tertiary/aromatic N) is 3. The van der Waals surface area contributed by atoms with E-state index in [4.69, 9.17) is 4.74 Å².